The zero-order valence-electron chi connectivity index (χ0n) is 19.1. The number of alkyl halides is 3. The van der Waals surface area contributed by atoms with Crippen LogP contribution in [0.2, 0.25) is 0 Å². The van der Waals surface area contributed by atoms with Gasteiger partial charge in [-0.3, -0.25) is 0 Å². The van der Waals surface area contributed by atoms with E-state index in [0.29, 0.717) is 11.4 Å². The maximum absolute atomic E-state index is 13.4. The van der Waals surface area contributed by atoms with Gasteiger partial charge in [0.2, 0.25) is 0 Å². The van der Waals surface area contributed by atoms with Gasteiger partial charge in [0.25, 0.3) is 0 Å². The Morgan fingerprint density at radius 2 is 1.88 bits per heavy atom. The predicted molar refractivity (Wildman–Crippen MR) is 125 cm³/mol. The molecule has 0 amide bonds. The maximum Gasteiger partial charge on any atom is 0.416 e. The van der Waals surface area contributed by atoms with Crippen LogP contribution in [0.5, 0.6) is 0 Å². The first kappa shape index (κ1) is 21.9. The van der Waals surface area contributed by atoms with E-state index in [1.165, 1.54) is 25.8 Å². The summed E-state index contributed by atoms with van der Waals surface area (Å²) in [5, 5.41) is 17.6. The summed E-state index contributed by atoms with van der Waals surface area (Å²) >= 11 is 0. The van der Waals surface area contributed by atoms with Crippen molar-refractivity contribution >= 4 is 22.3 Å². The van der Waals surface area contributed by atoms with Gasteiger partial charge in [-0.15, -0.1) is 5.10 Å². The third kappa shape index (κ3) is 4.12. The van der Waals surface area contributed by atoms with Crippen molar-refractivity contribution < 1.29 is 13.2 Å². The molecule has 0 unspecified atom stereocenters. The van der Waals surface area contributed by atoms with Gasteiger partial charge in [0.15, 0.2) is 5.82 Å². The predicted octanol–water partition coefficient (Wildman–Crippen LogP) is 5.38. The van der Waals surface area contributed by atoms with Crippen LogP contribution in [0.3, 0.4) is 0 Å². The van der Waals surface area contributed by atoms with Crippen LogP contribution in [0, 0.1) is 13.8 Å². The lowest BCUT2D eigenvalue weighted by atomic mass is 9.97. The molecular weight excluding hydrogens is 427 g/mol. The highest BCUT2D eigenvalue weighted by atomic mass is 19.4. The molecule has 2 N–H and O–H groups in total. The highest BCUT2D eigenvalue weighted by molar-refractivity contribution is 5.95. The van der Waals surface area contributed by atoms with Crippen LogP contribution in [0.15, 0.2) is 36.4 Å². The van der Waals surface area contributed by atoms with Crippen LogP contribution in [-0.4, -0.2) is 35.4 Å². The van der Waals surface area contributed by atoms with Gasteiger partial charge in [-0.1, -0.05) is 18.2 Å². The largest absolute Gasteiger partial charge is 0.416 e. The second-order valence-electron chi connectivity index (χ2n) is 9.38. The number of aromatic nitrogens is 2. The molecule has 1 saturated carbocycles. The number of rotatable bonds is 4. The van der Waals surface area contributed by atoms with E-state index in [4.69, 9.17) is 0 Å². The minimum Gasteiger partial charge on any atom is -0.368 e. The van der Waals surface area contributed by atoms with Gasteiger partial charge in [-0.25, -0.2) is 0 Å². The summed E-state index contributed by atoms with van der Waals surface area (Å²) in [6.45, 7) is 8.18. The lowest BCUT2D eigenvalue weighted by Gasteiger charge is -2.36. The Morgan fingerprint density at radius 3 is 2.61 bits per heavy atom. The molecule has 5 nitrogen and oxygen atoms in total. The number of halogens is 3. The monoisotopic (exact) mass is 455 g/mol. The fraction of sp³-hybridized carbons (Fsp3) is 0.440. The Balaban J connectivity index is 1.49. The van der Waals surface area contributed by atoms with Crippen LogP contribution >= 0.6 is 0 Å². The molecule has 2 heterocycles. The molecule has 0 radical (unpaired) electrons. The van der Waals surface area contributed by atoms with Crippen LogP contribution < -0.4 is 15.5 Å². The summed E-state index contributed by atoms with van der Waals surface area (Å²) in [7, 11) is 0. The van der Waals surface area contributed by atoms with Crippen molar-refractivity contribution in [3.8, 4) is 0 Å². The topological polar surface area (TPSA) is 53.1 Å². The molecule has 1 aliphatic carbocycles. The Labute approximate surface area is 191 Å². The molecule has 8 heteroatoms. The zero-order chi connectivity index (χ0) is 23.4. The van der Waals surface area contributed by atoms with Crippen LogP contribution in [0.25, 0.3) is 10.8 Å². The number of aryl methyl sites for hydroxylation is 1. The van der Waals surface area contributed by atoms with Crippen molar-refractivity contribution in [2.24, 2.45) is 0 Å². The molecule has 2 aromatic carbocycles. The second kappa shape index (κ2) is 7.87. The molecule has 1 aromatic heterocycles. The second-order valence-corrected chi connectivity index (χ2v) is 9.38. The summed E-state index contributed by atoms with van der Waals surface area (Å²) in [5.74, 6) is 0.582. The minimum atomic E-state index is -4.38. The van der Waals surface area contributed by atoms with E-state index in [-0.39, 0.29) is 17.1 Å². The van der Waals surface area contributed by atoms with Gasteiger partial charge in [0.05, 0.1) is 17.3 Å². The van der Waals surface area contributed by atoms with E-state index in [1.54, 1.807) is 6.07 Å². The molecule has 1 aliphatic heterocycles. The number of benzene rings is 2. The molecule has 1 atom stereocenters. The van der Waals surface area contributed by atoms with Gasteiger partial charge >= 0.3 is 6.18 Å². The molecule has 2 fully saturated rings. The Bertz CT molecular complexity index is 1200. The standard InChI is InChI=1S/C25H28F3N5/c1-15-19(5-4-6-22(15)25(26,27)28)16(2)30-23-21-13-18(7-8-20(21)17(3)31-32-23)33-12-11-29-24(14-33)9-10-24/h4-8,13,16,29H,9-12,14H2,1-3H3,(H,30,32)/t16-/m1/s1. The smallest absolute Gasteiger partial charge is 0.368 e. The fourth-order valence-corrected chi connectivity index (χ4v) is 4.95. The first-order valence-corrected chi connectivity index (χ1v) is 11.4. The third-order valence-electron chi connectivity index (χ3n) is 7.04. The average molecular weight is 456 g/mol. The number of fused-ring (bicyclic) bond motifs is 1. The van der Waals surface area contributed by atoms with Crippen molar-refractivity contribution in [3.05, 3.63) is 58.8 Å². The zero-order valence-corrected chi connectivity index (χ0v) is 19.1. The van der Waals surface area contributed by atoms with E-state index in [9.17, 15) is 13.2 Å². The average Bonchev–Trinajstić information content (AvgIpc) is 3.52. The van der Waals surface area contributed by atoms with E-state index in [2.05, 4.69) is 43.9 Å². The van der Waals surface area contributed by atoms with Crippen molar-refractivity contribution in [2.75, 3.05) is 29.9 Å². The molecule has 5 rings (SSSR count). The van der Waals surface area contributed by atoms with Crippen LogP contribution in [0.1, 0.15) is 48.2 Å². The maximum atomic E-state index is 13.4. The van der Waals surface area contributed by atoms with Crippen LogP contribution in [-0.2, 0) is 6.18 Å². The fourth-order valence-electron chi connectivity index (χ4n) is 4.95. The molecule has 2 aliphatic rings. The first-order valence-electron chi connectivity index (χ1n) is 11.4. The molecule has 33 heavy (non-hydrogen) atoms. The summed E-state index contributed by atoms with van der Waals surface area (Å²) in [6.07, 6.45) is -1.96. The molecular formula is C25H28F3N5. The van der Waals surface area contributed by atoms with E-state index >= 15 is 0 Å². The van der Waals surface area contributed by atoms with Crippen molar-refractivity contribution in [1.82, 2.24) is 15.5 Å². The van der Waals surface area contributed by atoms with E-state index in [0.717, 1.165) is 47.9 Å². The quantitative estimate of drug-likeness (QED) is 0.553. The number of piperazine rings is 1. The number of nitrogens with one attached hydrogen (secondary N) is 2. The van der Waals surface area contributed by atoms with Crippen molar-refractivity contribution in [2.45, 2.75) is 51.4 Å². The van der Waals surface area contributed by atoms with Gasteiger partial charge < -0.3 is 15.5 Å². The van der Waals surface area contributed by atoms with Crippen molar-refractivity contribution in [3.63, 3.8) is 0 Å². The summed E-state index contributed by atoms with van der Waals surface area (Å²) in [5.41, 5.74) is 2.43. The number of anilines is 2. The molecule has 1 saturated heterocycles. The Kier molecular flexibility index (Phi) is 5.23. The van der Waals surface area contributed by atoms with Gasteiger partial charge in [0.1, 0.15) is 0 Å². The highest BCUT2D eigenvalue weighted by Crippen LogP contribution is 2.40. The SMILES string of the molecule is Cc1c([C@@H](C)Nc2nnc(C)c3ccc(N4CCNC5(CC5)C4)cc23)cccc1C(F)(F)F. The summed E-state index contributed by atoms with van der Waals surface area (Å²) in [6, 6.07) is 10.3. The van der Waals surface area contributed by atoms with E-state index < -0.39 is 11.7 Å². The lowest BCUT2D eigenvalue weighted by Crippen LogP contribution is -2.52. The van der Waals surface area contributed by atoms with Gasteiger partial charge in [0, 0.05) is 41.6 Å². The molecule has 0 bridgehead atoms. The Morgan fingerprint density at radius 1 is 1.09 bits per heavy atom. The van der Waals surface area contributed by atoms with Crippen LogP contribution in [0.4, 0.5) is 24.7 Å². The lowest BCUT2D eigenvalue weighted by molar-refractivity contribution is -0.138. The number of nitrogens with zero attached hydrogens (tertiary/aromatic N) is 3. The van der Waals surface area contributed by atoms with Gasteiger partial charge in [-0.05, 0) is 62.9 Å². The van der Waals surface area contributed by atoms with Gasteiger partial charge in [-0.2, -0.15) is 18.3 Å². The highest BCUT2D eigenvalue weighted by Gasteiger charge is 2.45. The third-order valence-corrected chi connectivity index (χ3v) is 7.04. The summed E-state index contributed by atoms with van der Waals surface area (Å²) < 4.78 is 40.2. The molecule has 3 aromatic rings. The normalized spacial score (nSPS) is 18.5. The molecule has 174 valence electrons. The summed E-state index contributed by atoms with van der Waals surface area (Å²) in [4.78, 5) is 2.41. The van der Waals surface area contributed by atoms with E-state index in [1.807, 2.05) is 13.8 Å². The number of hydrogen-bond acceptors (Lipinski definition) is 5. The molecule has 1 spiro atoms. The Hall–Kier alpha value is -2.87. The minimum absolute atomic E-state index is 0.227. The number of hydrogen-bond donors (Lipinski definition) is 2. The first-order chi connectivity index (χ1) is 15.7. The van der Waals surface area contributed by atoms with Crippen molar-refractivity contribution in [1.29, 1.82) is 0 Å².